The molecule has 0 unspecified atom stereocenters. The summed E-state index contributed by atoms with van der Waals surface area (Å²) in [5, 5.41) is 11.7. The molecule has 0 aliphatic heterocycles. The first-order chi connectivity index (χ1) is 5.35. The Morgan fingerprint density at radius 2 is 1.73 bits per heavy atom. The van der Waals surface area contributed by atoms with Crippen LogP contribution in [0.4, 0.5) is 0 Å². The smallest absolute Gasteiger partial charge is 0.0497 e. The molecule has 0 spiro atoms. The molecule has 3 saturated carbocycles. The summed E-state index contributed by atoms with van der Waals surface area (Å²) in [6.45, 7) is 0. The van der Waals surface area contributed by atoms with Crippen LogP contribution < -0.4 is 0 Å². The minimum atomic E-state index is 0.295. The van der Waals surface area contributed by atoms with E-state index in [1.54, 1.807) is 6.21 Å². The van der Waals surface area contributed by atoms with Crippen LogP contribution in [0, 0.1) is 11.3 Å². The van der Waals surface area contributed by atoms with Crippen LogP contribution in [0.5, 0.6) is 0 Å². The van der Waals surface area contributed by atoms with Crippen molar-refractivity contribution in [3.8, 4) is 0 Å². The Hall–Kier alpha value is -0.530. The molecule has 3 aliphatic rings. The van der Waals surface area contributed by atoms with Gasteiger partial charge in [0, 0.05) is 11.6 Å². The fourth-order valence-electron chi connectivity index (χ4n) is 2.60. The van der Waals surface area contributed by atoms with E-state index in [9.17, 15) is 0 Å². The summed E-state index contributed by atoms with van der Waals surface area (Å²) in [4.78, 5) is 0. The maximum absolute atomic E-state index is 8.50. The topological polar surface area (TPSA) is 32.6 Å². The SMILES string of the molecule is O/N=C/C12CCC(CC1)CC2. The van der Waals surface area contributed by atoms with E-state index in [-0.39, 0.29) is 0 Å². The highest BCUT2D eigenvalue weighted by atomic mass is 16.4. The summed E-state index contributed by atoms with van der Waals surface area (Å²) in [7, 11) is 0. The third-order valence-electron chi connectivity index (χ3n) is 3.48. The van der Waals surface area contributed by atoms with E-state index in [4.69, 9.17) is 5.21 Å². The molecule has 0 aromatic heterocycles. The molecule has 62 valence electrons. The van der Waals surface area contributed by atoms with Gasteiger partial charge in [0.1, 0.15) is 0 Å². The van der Waals surface area contributed by atoms with Gasteiger partial charge in [-0.3, -0.25) is 0 Å². The average Bonchev–Trinajstić information content (AvgIpc) is 2.07. The lowest BCUT2D eigenvalue weighted by molar-refractivity contribution is 0.128. The van der Waals surface area contributed by atoms with Crippen molar-refractivity contribution in [1.82, 2.24) is 0 Å². The van der Waals surface area contributed by atoms with Crippen LogP contribution in [0.2, 0.25) is 0 Å². The number of oxime groups is 1. The van der Waals surface area contributed by atoms with Gasteiger partial charge < -0.3 is 5.21 Å². The zero-order chi connectivity index (χ0) is 7.73. The predicted molar refractivity (Wildman–Crippen MR) is 43.9 cm³/mol. The van der Waals surface area contributed by atoms with Crippen LogP contribution in [0.3, 0.4) is 0 Å². The quantitative estimate of drug-likeness (QED) is 0.350. The Morgan fingerprint density at radius 1 is 1.18 bits per heavy atom. The van der Waals surface area contributed by atoms with E-state index in [2.05, 4.69) is 5.16 Å². The first-order valence-electron chi connectivity index (χ1n) is 4.53. The molecule has 0 amide bonds. The summed E-state index contributed by atoms with van der Waals surface area (Å²) >= 11 is 0. The van der Waals surface area contributed by atoms with Gasteiger partial charge in [-0.2, -0.15) is 0 Å². The molecule has 11 heavy (non-hydrogen) atoms. The molecular formula is C9H15NO. The fourth-order valence-corrected chi connectivity index (χ4v) is 2.60. The molecule has 0 saturated heterocycles. The molecule has 1 N–H and O–H groups in total. The number of hydrogen-bond acceptors (Lipinski definition) is 2. The molecule has 3 rings (SSSR count). The third kappa shape index (κ3) is 1.15. The average molecular weight is 153 g/mol. The van der Waals surface area contributed by atoms with Crippen LogP contribution >= 0.6 is 0 Å². The second-order valence-corrected chi connectivity index (χ2v) is 4.09. The Kier molecular flexibility index (Phi) is 1.63. The molecular weight excluding hydrogens is 138 g/mol. The normalized spacial score (nSPS) is 43.5. The monoisotopic (exact) mass is 153 g/mol. The van der Waals surface area contributed by atoms with Crippen molar-refractivity contribution in [1.29, 1.82) is 0 Å². The van der Waals surface area contributed by atoms with Gasteiger partial charge in [-0.1, -0.05) is 0 Å². The zero-order valence-electron chi connectivity index (χ0n) is 6.79. The number of fused-ring (bicyclic) bond motifs is 3. The zero-order valence-corrected chi connectivity index (χ0v) is 6.79. The van der Waals surface area contributed by atoms with Crippen molar-refractivity contribution < 1.29 is 5.21 Å². The number of nitrogens with zero attached hydrogens (tertiary/aromatic N) is 1. The molecule has 2 heteroatoms. The van der Waals surface area contributed by atoms with E-state index in [1.807, 2.05) is 0 Å². The lowest BCUT2D eigenvalue weighted by Gasteiger charge is -2.43. The van der Waals surface area contributed by atoms with Crippen molar-refractivity contribution >= 4 is 6.21 Å². The molecule has 2 nitrogen and oxygen atoms in total. The largest absolute Gasteiger partial charge is 0.411 e. The van der Waals surface area contributed by atoms with Gasteiger partial charge >= 0.3 is 0 Å². The van der Waals surface area contributed by atoms with Crippen LogP contribution in [0.1, 0.15) is 38.5 Å². The van der Waals surface area contributed by atoms with Crippen molar-refractivity contribution in [2.24, 2.45) is 16.5 Å². The summed E-state index contributed by atoms with van der Waals surface area (Å²) in [6.07, 6.45) is 9.59. The Morgan fingerprint density at radius 3 is 2.18 bits per heavy atom. The molecule has 3 fully saturated rings. The highest BCUT2D eigenvalue weighted by molar-refractivity contribution is 5.65. The highest BCUT2D eigenvalue weighted by Gasteiger charge is 2.39. The lowest BCUT2D eigenvalue weighted by atomic mass is 9.61. The fraction of sp³-hybridized carbons (Fsp3) is 0.889. The first-order valence-corrected chi connectivity index (χ1v) is 4.53. The van der Waals surface area contributed by atoms with Gasteiger partial charge in [-0.05, 0) is 44.4 Å². The molecule has 0 aromatic rings. The van der Waals surface area contributed by atoms with E-state index < -0.39 is 0 Å². The van der Waals surface area contributed by atoms with Crippen molar-refractivity contribution in [2.45, 2.75) is 38.5 Å². The van der Waals surface area contributed by atoms with Crippen molar-refractivity contribution in [3.05, 3.63) is 0 Å². The first kappa shape index (κ1) is 7.14. The maximum Gasteiger partial charge on any atom is 0.0497 e. The summed E-state index contributed by atoms with van der Waals surface area (Å²) in [5.74, 6) is 0.990. The maximum atomic E-state index is 8.50. The van der Waals surface area contributed by atoms with Gasteiger partial charge in [-0.15, -0.1) is 5.16 Å². The standard InChI is InChI=1S/C9H15NO/c11-10-7-9-4-1-8(2-5-9)3-6-9/h7-8,11H,1-6H2/b10-7+. The van der Waals surface area contributed by atoms with Gasteiger partial charge in [-0.25, -0.2) is 0 Å². The Bertz CT molecular complexity index is 155. The number of rotatable bonds is 1. The lowest BCUT2D eigenvalue weighted by Crippen LogP contribution is -2.35. The minimum Gasteiger partial charge on any atom is -0.411 e. The molecule has 2 bridgehead atoms. The Balaban J connectivity index is 2.11. The van der Waals surface area contributed by atoms with Crippen LogP contribution in [-0.2, 0) is 0 Å². The van der Waals surface area contributed by atoms with Crippen LogP contribution in [-0.4, -0.2) is 11.4 Å². The van der Waals surface area contributed by atoms with Gasteiger partial charge in [0.15, 0.2) is 0 Å². The highest BCUT2D eigenvalue weighted by Crippen LogP contribution is 2.48. The summed E-state index contributed by atoms with van der Waals surface area (Å²) in [5.41, 5.74) is 0.295. The van der Waals surface area contributed by atoms with E-state index in [1.165, 1.54) is 38.5 Å². The van der Waals surface area contributed by atoms with E-state index in [0.717, 1.165) is 5.92 Å². The van der Waals surface area contributed by atoms with E-state index >= 15 is 0 Å². The third-order valence-corrected chi connectivity index (χ3v) is 3.48. The predicted octanol–water partition coefficient (Wildman–Crippen LogP) is 2.42. The molecule has 0 atom stereocenters. The summed E-state index contributed by atoms with van der Waals surface area (Å²) < 4.78 is 0. The van der Waals surface area contributed by atoms with Gasteiger partial charge in [0.05, 0.1) is 0 Å². The minimum absolute atomic E-state index is 0.295. The van der Waals surface area contributed by atoms with Crippen LogP contribution in [0.25, 0.3) is 0 Å². The molecule has 0 heterocycles. The second kappa shape index (κ2) is 2.50. The van der Waals surface area contributed by atoms with Crippen LogP contribution in [0.15, 0.2) is 5.16 Å². The molecule has 3 aliphatic carbocycles. The molecule has 0 radical (unpaired) electrons. The van der Waals surface area contributed by atoms with Gasteiger partial charge in [0.2, 0.25) is 0 Å². The van der Waals surface area contributed by atoms with Crippen molar-refractivity contribution in [2.75, 3.05) is 0 Å². The van der Waals surface area contributed by atoms with Gasteiger partial charge in [0.25, 0.3) is 0 Å². The Labute approximate surface area is 67.3 Å². The second-order valence-electron chi connectivity index (χ2n) is 4.09. The molecule has 0 aromatic carbocycles. The van der Waals surface area contributed by atoms with Crippen molar-refractivity contribution in [3.63, 3.8) is 0 Å². The van der Waals surface area contributed by atoms with E-state index in [0.29, 0.717) is 5.41 Å². The number of hydrogen-bond donors (Lipinski definition) is 1. The summed E-state index contributed by atoms with van der Waals surface area (Å²) in [6, 6.07) is 0.